The maximum absolute atomic E-state index is 11.7. The molecule has 7 heteroatoms. The van der Waals surface area contributed by atoms with Crippen LogP contribution in [0.5, 0.6) is 0 Å². The monoisotopic (exact) mass is 307 g/mol. The molecule has 0 spiro atoms. The van der Waals surface area contributed by atoms with Crippen LogP contribution < -0.4 is 5.32 Å². The second kappa shape index (κ2) is 8.65. The van der Waals surface area contributed by atoms with Gasteiger partial charge in [-0.25, -0.2) is 4.79 Å². The molecule has 0 saturated carbocycles. The highest BCUT2D eigenvalue weighted by atomic mass is 35.5. The van der Waals surface area contributed by atoms with Crippen LogP contribution in [0.1, 0.15) is 20.7 Å². The minimum Gasteiger partial charge on any atom is -0.460 e. The Morgan fingerprint density at radius 1 is 1.05 bits per heavy atom. The van der Waals surface area contributed by atoms with Crippen LogP contribution in [0.3, 0.4) is 0 Å². The maximum atomic E-state index is 11.7. The molecule has 1 amide bonds. The van der Waals surface area contributed by atoms with Crippen molar-refractivity contribution >= 4 is 24.3 Å². The number of esters is 1. The molecule has 0 fully saturated rings. The number of rotatable bonds is 5. The number of amides is 1. The Balaban J connectivity index is 0.00000220. The molecule has 2 heterocycles. The van der Waals surface area contributed by atoms with Crippen molar-refractivity contribution in [1.29, 1.82) is 0 Å². The average molecular weight is 308 g/mol. The lowest BCUT2D eigenvalue weighted by molar-refractivity contribution is 0.0502. The Bertz CT molecular complexity index is 525. The quantitative estimate of drug-likeness (QED) is 0.668. The topological polar surface area (TPSA) is 81.2 Å². The van der Waals surface area contributed by atoms with Crippen molar-refractivity contribution in [3.05, 3.63) is 60.2 Å². The second-order valence-electron chi connectivity index (χ2n) is 3.88. The lowest BCUT2D eigenvalue weighted by Gasteiger charge is -2.06. The van der Waals surface area contributed by atoms with E-state index in [9.17, 15) is 9.59 Å². The smallest absolute Gasteiger partial charge is 0.339 e. The van der Waals surface area contributed by atoms with E-state index in [1.807, 2.05) is 0 Å². The first-order chi connectivity index (χ1) is 9.77. The van der Waals surface area contributed by atoms with Gasteiger partial charge in [0.25, 0.3) is 5.91 Å². The molecule has 0 atom stereocenters. The zero-order valence-electron chi connectivity index (χ0n) is 11.1. The maximum Gasteiger partial charge on any atom is 0.339 e. The standard InChI is InChI=1S/C14H13N3O3.ClH/c18-13(11-3-1-5-15-9-11)17-7-8-20-14(19)12-4-2-6-16-10-12;/h1-6,9-10H,7-8H2,(H,17,18);1H. The van der Waals surface area contributed by atoms with E-state index in [1.165, 1.54) is 12.4 Å². The van der Waals surface area contributed by atoms with E-state index in [4.69, 9.17) is 4.74 Å². The van der Waals surface area contributed by atoms with Gasteiger partial charge in [-0.1, -0.05) is 0 Å². The van der Waals surface area contributed by atoms with Crippen LogP contribution in [-0.4, -0.2) is 35.0 Å². The van der Waals surface area contributed by atoms with Crippen molar-refractivity contribution in [2.45, 2.75) is 0 Å². The molecule has 2 aromatic heterocycles. The van der Waals surface area contributed by atoms with Crippen LogP contribution >= 0.6 is 12.4 Å². The molecule has 6 nitrogen and oxygen atoms in total. The predicted octanol–water partition coefficient (Wildman–Crippen LogP) is 1.49. The molecule has 1 N–H and O–H groups in total. The molecule has 0 aliphatic heterocycles. The fourth-order valence-electron chi connectivity index (χ4n) is 1.47. The summed E-state index contributed by atoms with van der Waals surface area (Å²) < 4.78 is 5.01. The average Bonchev–Trinajstić information content (AvgIpc) is 2.53. The lowest BCUT2D eigenvalue weighted by atomic mass is 10.3. The first-order valence-electron chi connectivity index (χ1n) is 6.03. The van der Waals surface area contributed by atoms with Crippen LogP contribution in [0.25, 0.3) is 0 Å². The minimum absolute atomic E-state index is 0. The molecule has 0 aliphatic rings. The van der Waals surface area contributed by atoms with Gasteiger partial charge < -0.3 is 10.1 Å². The summed E-state index contributed by atoms with van der Waals surface area (Å²) >= 11 is 0. The number of carbonyl (C=O) groups is 2. The molecule has 110 valence electrons. The first kappa shape index (κ1) is 16.6. The van der Waals surface area contributed by atoms with E-state index in [1.54, 1.807) is 36.7 Å². The Kier molecular flexibility index (Phi) is 6.83. The number of nitrogens with zero attached hydrogens (tertiary/aromatic N) is 2. The van der Waals surface area contributed by atoms with Crippen LogP contribution in [-0.2, 0) is 4.74 Å². The highest BCUT2D eigenvalue weighted by Crippen LogP contribution is 1.98. The fraction of sp³-hybridized carbons (Fsp3) is 0.143. The van der Waals surface area contributed by atoms with Gasteiger partial charge in [0.15, 0.2) is 0 Å². The summed E-state index contributed by atoms with van der Waals surface area (Å²) in [5.41, 5.74) is 0.845. The summed E-state index contributed by atoms with van der Waals surface area (Å²) in [6.07, 6.45) is 6.06. The van der Waals surface area contributed by atoms with Gasteiger partial charge in [0.1, 0.15) is 6.61 Å². The van der Waals surface area contributed by atoms with E-state index in [-0.39, 0.29) is 31.5 Å². The van der Waals surface area contributed by atoms with Gasteiger partial charge in [-0.05, 0) is 24.3 Å². The van der Waals surface area contributed by atoms with E-state index in [2.05, 4.69) is 15.3 Å². The lowest BCUT2D eigenvalue weighted by Crippen LogP contribution is -2.28. The van der Waals surface area contributed by atoms with Crippen molar-refractivity contribution in [3.63, 3.8) is 0 Å². The molecule has 0 aliphatic carbocycles. The van der Waals surface area contributed by atoms with Gasteiger partial charge in [-0.2, -0.15) is 0 Å². The first-order valence-corrected chi connectivity index (χ1v) is 6.03. The highest BCUT2D eigenvalue weighted by Gasteiger charge is 2.07. The summed E-state index contributed by atoms with van der Waals surface area (Å²) in [6.45, 7) is 0.333. The van der Waals surface area contributed by atoms with Crippen molar-refractivity contribution < 1.29 is 14.3 Å². The van der Waals surface area contributed by atoms with Gasteiger partial charge in [0, 0.05) is 24.8 Å². The Labute approximate surface area is 128 Å². The Hall–Kier alpha value is -2.47. The molecular weight excluding hydrogens is 294 g/mol. The largest absolute Gasteiger partial charge is 0.460 e. The molecular formula is C14H14ClN3O3. The van der Waals surface area contributed by atoms with E-state index >= 15 is 0 Å². The third kappa shape index (κ3) is 5.19. The van der Waals surface area contributed by atoms with Gasteiger partial charge >= 0.3 is 5.97 Å². The van der Waals surface area contributed by atoms with Crippen LogP contribution in [0.4, 0.5) is 0 Å². The van der Waals surface area contributed by atoms with Crippen LogP contribution in [0, 0.1) is 0 Å². The number of hydrogen-bond acceptors (Lipinski definition) is 5. The number of pyridine rings is 2. The molecule has 2 rings (SSSR count). The van der Waals surface area contributed by atoms with Crippen molar-refractivity contribution in [3.8, 4) is 0 Å². The van der Waals surface area contributed by atoms with Crippen molar-refractivity contribution in [2.75, 3.05) is 13.2 Å². The number of aromatic nitrogens is 2. The summed E-state index contributed by atoms with van der Waals surface area (Å²) in [4.78, 5) is 30.9. The van der Waals surface area contributed by atoms with Crippen LogP contribution in [0.15, 0.2) is 49.1 Å². The molecule has 0 radical (unpaired) electrons. The minimum atomic E-state index is -0.464. The normalized spacial score (nSPS) is 9.33. The molecule has 0 unspecified atom stereocenters. The zero-order chi connectivity index (χ0) is 14.2. The van der Waals surface area contributed by atoms with Gasteiger partial charge in [0.05, 0.1) is 17.7 Å². The number of carbonyl (C=O) groups excluding carboxylic acids is 2. The Morgan fingerprint density at radius 2 is 1.67 bits per heavy atom. The van der Waals surface area contributed by atoms with Crippen LogP contribution in [0.2, 0.25) is 0 Å². The Morgan fingerprint density at radius 3 is 2.24 bits per heavy atom. The summed E-state index contributed by atoms with van der Waals surface area (Å²) in [7, 11) is 0. The summed E-state index contributed by atoms with van der Waals surface area (Å²) in [6, 6.07) is 6.60. The molecule has 21 heavy (non-hydrogen) atoms. The van der Waals surface area contributed by atoms with Gasteiger partial charge in [-0.15, -0.1) is 12.4 Å². The molecule has 2 aromatic rings. The number of halogens is 1. The number of nitrogens with one attached hydrogen (secondary N) is 1. The zero-order valence-corrected chi connectivity index (χ0v) is 11.9. The number of hydrogen-bond donors (Lipinski definition) is 1. The van der Waals surface area contributed by atoms with Gasteiger partial charge in [0.2, 0.25) is 0 Å². The van der Waals surface area contributed by atoms with Gasteiger partial charge in [-0.3, -0.25) is 14.8 Å². The summed E-state index contributed by atoms with van der Waals surface area (Å²) in [5.74, 6) is -0.718. The summed E-state index contributed by atoms with van der Waals surface area (Å²) in [5, 5.41) is 2.63. The van der Waals surface area contributed by atoms with E-state index in [0.717, 1.165) is 0 Å². The SMILES string of the molecule is Cl.O=C(NCCOC(=O)c1cccnc1)c1cccnc1. The van der Waals surface area contributed by atoms with Crippen molar-refractivity contribution in [2.24, 2.45) is 0 Å². The fourth-order valence-corrected chi connectivity index (χ4v) is 1.47. The number of ether oxygens (including phenoxy) is 1. The second-order valence-corrected chi connectivity index (χ2v) is 3.88. The predicted molar refractivity (Wildman–Crippen MR) is 78.3 cm³/mol. The van der Waals surface area contributed by atoms with Crippen molar-refractivity contribution in [1.82, 2.24) is 15.3 Å². The highest BCUT2D eigenvalue weighted by molar-refractivity contribution is 5.93. The third-order valence-electron chi connectivity index (χ3n) is 2.44. The van der Waals surface area contributed by atoms with E-state index < -0.39 is 5.97 Å². The molecule has 0 saturated heterocycles. The molecule has 0 bridgehead atoms. The third-order valence-corrected chi connectivity index (χ3v) is 2.44. The van der Waals surface area contributed by atoms with E-state index in [0.29, 0.717) is 11.1 Å². The molecule has 0 aromatic carbocycles.